The maximum absolute atomic E-state index is 11.4. The molecule has 1 aliphatic carbocycles. The number of urea groups is 1. The molecule has 5 nitrogen and oxygen atoms in total. The van der Waals surface area contributed by atoms with E-state index in [1.165, 1.54) is 11.8 Å². The first-order chi connectivity index (χ1) is 7.49. The Morgan fingerprint density at radius 1 is 1.19 bits per heavy atom. The maximum Gasteiger partial charge on any atom is 0.317 e. The summed E-state index contributed by atoms with van der Waals surface area (Å²) in [6.07, 6.45) is 3.44. The van der Waals surface area contributed by atoms with Crippen molar-refractivity contribution in [3.8, 4) is 0 Å². The largest absolute Gasteiger partial charge is 0.463 e. The maximum atomic E-state index is 11.4. The van der Waals surface area contributed by atoms with Crippen LogP contribution in [0.25, 0.3) is 0 Å². The third-order valence-electron chi connectivity index (χ3n) is 2.74. The number of carbonyl (C=O) groups is 2. The second kappa shape index (κ2) is 5.72. The standard InChI is InChI=1S/C11H20N2O3/c1-8(14)16-10-6-4-9(5-7-10)12-11(15)13(2)3/h9-10H,4-7H2,1-3H3,(H,12,15). The summed E-state index contributed by atoms with van der Waals surface area (Å²) in [5.74, 6) is -0.222. The van der Waals surface area contributed by atoms with Crippen molar-refractivity contribution in [3.05, 3.63) is 0 Å². The second-order valence-corrected chi connectivity index (χ2v) is 4.43. The summed E-state index contributed by atoms with van der Waals surface area (Å²) in [6, 6.07) is 0.151. The molecule has 0 spiro atoms. The Morgan fingerprint density at radius 2 is 1.75 bits per heavy atom. The van der Waals surface area contributed by atoms with Gasteiger partial charge in [0.05, 0.1) is 0 Å². The van der Waals surface area contributed by atoms with Crippen LogP contribution in [0.3, 0.4) is 0 Å². The Morgan fingerprint density at radius 3 is 2.19 bits per heavy atom. The summed E-state index contributed by atoms with van der Waals surface area (Å²) in [7, 11) is 3.44. The number of nitrogens with one attached hydrogen (secondary N) is 1. The summed E-state index contributed by atoms with van der Waals surface area (Å²) < 4.78 is 5.13. The van der Waals surface area contributed by atoms with E-state index in [4.69, 9.17) is 4.74 Å². The Hall–Kier alpha value is -1.26. The van der Waals surface area contributed by atoms with Crippen molar-refractivity contribution >= 4 is 12.0 Å². The van der Waals surface area contributed by atoms with E-state index in [1.807, 2.05) is 0 Å². The zero-order chi connectivity index (χ0) is 12.1. The number of nitrogens with zero attached hydrogens (tertiary/aromatic N) is 1. The monoisotopic (exact) mass is 228 g/mol. The summed E-state index contributed by atoms with van der Waals surface area (Å²) in [5.41, 5.74) is 0. The van der Waals surface area contributed by atoms with Gasteiger partial charge in [0.1, 0.15) is 6.10 Å². The number of hydrogen-bond acceptors (Lipinski definition) is 3. The minimum absolute atomic E-state index is 0.0324. The van der Waals surface area contributed by atoms with Gasteiger partial charge in [-0.15, -0.1) is 0 Å². The molecule has 1 fully saturated rings. The molecule has 16 heavy (non-hydrogen) atoms. The second-order valence-electron chi connectivity index (χ2n) is 4.43. The molecule has 0 aromatic rings. The van der Waals surface area contributed by atoms with Crippen LogP contribution < -0.4 is 5.32 Å². The molecule has 5 heteroatoms. The lowest BCUT2D eigenvalue weighted by Crippen LogP contribution is -2.43. The van der Waals surface area contributed by atoms with E-state index in [1.54, 1.807) is 14.1 Å². The zero-order valence-corrected chi connectivity index (χ0v) is 10.2. The predicted octanol–water partition coefficient (Wildman–Crippen LogP) is 1.13. The first-order valence-electron chi connectivity index (χ1n) is 5.64. The van der Waals surface area contributed by atoms with Crippen molar-refractivity contribution in [2.75, 3.05) is 14.1 Å². The summed E-state index contributed by atoms with van der Waals surface area (Å²) >= 11 is 0. The van der Waals surface area contributed by atoms with Crippen molar-refractivity contribution in [1.82, 2.24) is 10.2 Å². The highest BCUT2D eigenvalue weighted by atomic mass is 16.5. The van der Waals surface area contributed by atoms with Gasteiger partial charge >= 0.3 is 12.0 Å². The molecular weight excluding hydrogens is 208 g/mol. The molecule has 0 atom stereocenters. The quantitative estimate of drug-likeness (QED) is 0.721. The first kappa shape index (κ1) is 12.8. The lowest BCUT2D eigenvalue weighted by Gasteiger charge is -2.29. The molecule has 0 aromatic carbocycles. The molecule has 0 bridgehead atoms. The molecule has 0 aliphatic heterocycles. The summed E-state index contributed by atoms with van der Waals surface area (Å²) in [4.78, 5) is 23.7. The molecule has 0 heterocycles. The van der Waals surface area contributed by atoms with Crippen molar-refractivity contribution in [2.45, 2.75) is 44.8 Å². The van der Waals surface area contributed by atoms with Gasteiger partial charge in [-0.25, -0.2) is 4.79 Å². The van der Waals surface area contributed by atoms with Gasteiger partial charge in [-0.2, -0.15) is 0 Å². The van der Waals surface area contributed by atoms with Gasteiger partial charge in [0.15, 0.2) is 0 Å². The van der Waals surface area contributed by atoms with Crippen LogP contribution in [0.5, 0.6) is 0 Å². The molecule has 92 valence electrons. The van der Waals surface area contributed by atoms with E-state index >= 15 is 0 Å². The smallest absolute Gasteiger partial charge is 0.317 e. The van der Waals surface area contributed by atoms with Gasteiger partial charge in [0.2, 0.25) is 0 Å². The van der Waals surface area contributed by atoms with Gasteiger partial charge in [-0.3, -0.25) is 4.79 Å². The summed E-state index contributed by atoms with van der Waals surface area (Å²) in [5, 5.41) is 2.94. The molecule has 1 aliphatic rings. The number of rotatable bonds is 2. The Kier molecular flexibility index (Phi) is 4.58. The van der Waals surface area contributed by atoms with Crippen LogP contribution in [0, 0.1) is 0 Å². The number of ether oxygens (including phenoxy) is 1. The SMILES string of the molecule is CC(=O)OC1CCC(NC(=O)N(C)C)CC1. The molecule has 0 radical (unpaired) electrons. The number of amides is 2. The van der Waals surface area contributed by atoms with E-state index in [0.717, 1.165) is 25.7 Å². The highest BCUT2D eigenvalue weighted by molar-refractivity contribution is 5.73. The highest BCUT2D eigenvalue weighted by Crippen LogP contribution is 2.21. The number of esters is 1. The summed E-state index contributed by atoms with van der Waals surface area (Å²) in [6.45, 7) is 1.43. The van der Waals surface area contributed by atoms with E-state index < -0.39 is 0 Å². The number of hydrogen-bond donors (Lipinski definition) is 1. The minimum atomic E-state index is -0.222. The molecule has 0 unspecified atom stereocenters. The normalized spacial score (nSPS) is 24.7. The Labute approximate surface area is 96.1 Å². The third-order valence-corrected chi connectivity index (χ3v) is 2.74. The van der Waals surface area contributed by atoms with E-state index in [-0.39, 0.29) is 24.1 Å². The van der Waals surface area contributed by atoms with Gasteiger partial charge in [0.25, 0.3) is 0 Å². The van der Waals surface area contributed by atoms with Gasteiger partial charge in [-0.05, 0) is 25.7 Å². The third kappa shape index (κ3) is 4.08. The molecule has 2 amide bonds. The predicted molar refractivity (Wildman–Crippen MR) is 60.0 cm³/mol. The molecule has 1 rings (SSSR count). The fourth-order valence-corrected chi connectivity index (χ4v) is 1.86. The number of carbonyl (C=O) groups excluding carboxylic acids is 2. The van der Waals surface area contributed by atoms with Crippen molar-refractivity contribution in [2.24, 2.45) is 0 Å². The van der Waals surface area contributed by atoms with Crippen LogP contribution in [0.15, 0.2) is 0 Å². The minimum Gasteiger partial charge on any atom is -0.463 e. The van der Waals surface area contributed by atoms with Gasteiger partial charge in [-0.1, -0.05) is 0 Å². The van der Waals surface area contributed by atoms with Crippen LogP contribution in [0.4, 0.5) is 4.79 Å². The van der Waals surface area contributed by atoms with Crippen LogP contribution >= 0.6 is 0 Å². The molecule has 0 aromatic heterocycles. The fourth-order valence-electron chi connectivity index (χ4n) is 1.86. The molecule has 1 N–H and O–H groups in total. The van der Waals surface area contributed by atoms with Gasteiger partial charge in [0, 0.05) is 27.1 Å². The Bertz CT molecular complexity index is 258. The average Bonchev–Trinajstić information content (AvgIpc) is 2.20. The average molecular weight is 228 g/mol. The van der Waals surface area contributed by atoms with Gasteiger partial charge < -0.3 is 15.0 Å². The zero-order valence-electron chi connectivity index (χ0n) is 10.2. The molecule has 1 saturated carbocycles. The van der Waals surface area contributed by atoms with Crippen LogP contribution in [0.1, 0.15) is 32.6 Å². The van der Waals surface area contributed by atoms with E-state index in [0.29, 0.717) is 0 Å². The van der Waals surface area contributed by atoms with Crippen LogP contribution in [-0.4, -0.2) is 43.1 Å². The fraction of sp³-hybridized carbons (Fsp3) is 0.818. The lowest BCUT2D eigenvalue weighted by atomic mass is 9.93. The van der Waals surface area contributed by atoms with E-state index in [2.05, 4.69) is 5.32 Å². The van der Waals surface area contributed by atoms with E-state index in [9.17, 15) is 9.59 Å². The van der Waals surface area contributed by atoms with Crippen LogP contribution in [-0.2, 0) is 9.53 Å². The Balaban J connectivity index is 2.27. The topological polar surface area (TPSA) is 58.6 Å². The van der Waals surface area contributed by atoms with Crippen molar-refractivity contribution < 1.29 is 14.3 Å². The first-order valence-corrected chi connectivity index (χ1v) is 5.64. The van der Waals surface area contributed by atoms with Crippen molar-refractivity contribution in [1.29, 1.82) is 0 Å². The highest BCUT2D eigenvalue weighted by Gasteiger charge is 2.24. The molecular formula is C11H20N2O3. The van der Waals surface area contributed by atoms with Crippen LogP contribution in [0.2, 0.25) is 0 Å². The lowest BCUT2D eigenvalue weighted by molar-refractivity contribution is -0.147. The molecule has 0 saturated heterocycles. The van der Waals surface area contributed by atoms with Crippen molar-refractivity contribution in [3.63, 3.8) is 0 Å².